The van der Waals surface area contributed by atoms with Crippen molar-refractivity contribution in [1.29, 1.82) is 0 Å². The van der Waals surface area contributed by atoms with E-state index >= 15 is 0 Å². The number of hydrogen-bond donors (Lipinski definition) is 0. The summed E-state index contributed by atoms with van der Waals surface area (Å²) < 4.78 is 0. The average molecular weight is 767 g/mol. The summed E-state index contributed by atoms with van der Waals surface area (Å²) in [4.78, 5) is 29.8. The minimum Gasteiger partial charge on any atom is -0.264 e. The van der Waals surface area contributed by atoms with Crippen LogP contribution in [0.4, 0.5) is 11.4 Å². The molecule has 6 aromatic carbocycles. The number of aliphatic imine (C=N–C) groups is 2. The first-order valence-corrected chi connectivity index (χ1v) is 19.9. The molecule has 0 saturated carbocycles. The summed E-state index contributed by atoms with van der Waals surface area (Å²) >= 11 is 0. The van der Waals surface area contributed by atoms with Crippen LogP contribution in [0.15, 0.2) is 217 Å². The molecule has 60 heavy (non-hydrogen) atoms. The Kier molecular flexibility index (Phi) is 8.71. The Bertz CT molecular complexity index is 3060. The Morgan fingerprint density at radius 3 is 1.03 bits per heavy atom. The summed E-state index contributed by atoms with van der Waals surface area (Å²) in [6, 6.07) is 63.0. The van der Waals surface area contributed by atoms with Crippen LogP contribution in [0, 0.1) is 0 Å². The molecule has 10 aromatic rings. The van der Waals surface area contributed by atoms with Gasteiger partial charge < -0.3 is 0 Å². The molecule has 1 aliphatic heterocycles. The zero-order chi connectivity index (χ0) is 39.8. The van der Waals surface area contributed by atoms with E-state index in [-0.39, 0.29) is 0 Å². The topological polar surface area (TPSA) is 76.3 Å². The SMILES string of the molecule is c1cncc(-c2cccc(-c3ccc(C4=Nc5cc6ccccc6cc5C(c5ccc(-c6cccc(-c7cccnc7)n6)cc5)=Nc5cc6ccccc6cc54)cc3)n2)c1. The average Bonchev–Trinajstić information content (AvgIpc) is 3.32. The highest BCUT2D eigenvalue weighted by atomic mass is 14.8. The van der Waals surface area contributed by atoms with Crippen LogP contribution in [0.2, 0.25) is 0 Å². The van der Waals surface area contributed by atoms with Crippen LogP contribution in [-0.4, -0.2) is 31.4 Å². The molecule has 0 spiro atoms. The lowest BCUT2D eigenvalue weighted by molar-refractivity contribution is 1.28. The molecule has 0 bridgehead atoms. The predicted molar refractivity (Wildman–Crippen MR) is 244 cm³/mol. The van der Waals surface area contributed by atoms with Crippen molar-refractivity contribution in [2.45, 2.75) is 0 Å². The second-order valence-electron chi connectivity index (χ2n) is 14.8. The highest BCUT2D eigenvalue weighted by Crippen LogP contribution is 2.38. The Labute approximate surface area is 347 Å². The molecule has 4 aromatic heterocycles. The van der Waals surface area contributed by atoms with Crippen molar-refractivity contribution in [1.82, 2.24) is 19.9 Å². The Balaban J connectivity index is 1.05. The summed E-state index contributed by atoms with van der Waals surface area (Å²) in [5.74, 6) is 0. The first-order chi connectivity index (χ1) is 29.7. The Hall–Kier alpha value is -8.22. The van der Waals surface area contributed by atoms with Gasteiger partial charge in [-0.2, -0.15) is 0 Å². The van der Waals surface area contributed by atoms with E-state index in [4.69, 9.17) is 20.0 Å². The molecule has 5 heterocycles. The van der Waals surface area contributed by atoms with Crippen LogP contribution < -0.4 is 0 Å². The smallest absolute Gasteiger partial charge is 0.0803 e. The molecule has 0 N–H and O–H groups in total. The van der Waals surface area contributed by atoms with Crippen LogP contribution in [-0.2, 0) is 0 Å². The lowest BCUT2D eigenvalue weighted by atomic mass is 9.92. The fourth-order valence-corrected chi connectivity index (χ4v) is 7.96. The number of nitrogens with zero attached hydrogens (tertiary/aromatic N) is 6. The minimum absolute atomic E-state index is 0.853. The van der Waals surface area contributed by atoms with Crippen molar-refractivity contribution in [2.75, 3.05) is 0 Å². The maximum Gasteiger partial charge on any atom is 0.0803 e. The van der Waals surface area contributed by atoms with Gasteiger partial charge in [0.25, 0.3) is 0 Å². The van der Waals surface area contributed by atoms with Gasteiger partial charge in [0.2, 0.25) is 0 Å². The first kappa shape index (κ1) is 35.0. The number of benzene rings is 6. The van der Waals surface area contributed by atoms with Crippen molar-refractivity contribution in [3.05, 3.63) is 229 Å². The van der Waals surface area contributed by atoms with E-state index in [2.05, 4.69) is 131 Å². The lowest BCUT2D eigenvalue weighted by Crippen LogP contribution is -2.10. The van der Waals surface area contributed by atoms with Crippen LogP contribution >= 0.6 is 0 Å². The van der Waals surface area contributed by atoms with Crippen LogP contribution in [0.3, 0.4) is 0 Å². The first-order valence-electron chi connectivity index (χ1n) is 19.9. The van der Waals surface area contributed by atoms with Gasteiger partial charge >= 0.3 is 0 Å². The number of hydrogen-bond acceptors (Lipinski definition) is 6. The third-order valence-corrected chi connectivity index (χ3v) is 11.0. The third-order valence-electron chi connectivity index (χ3n) is 11.0. The van der Waals surface area contributed by atoms with Gasteiger partial charge in [-0.3, -0.25) is 9.97 Å². The normalized spacial score (nSPS) is 12.2. The van der Waals surface area contributed by atoms with Crippen LogP contribution in [0.25, 0.3) is 66.6 Å². The maximum atomic E-state index is 5.60. The fourth-order valence-electron chi connectivity index (χ4n) is 7.96. The minimum atomic E-state index is 0.853. The van der Waals surface area contributed by atoms with Gasteiger partial charge in [0.05, 0.1) is 45.6 Å². The van der Waals surface area contributed by atoms with Gasteiger partial charge in [-0.05, 0) is 94.3 Å². The van der Waals surface area contributed by atoms with Crippen LogP contribution in [0.1, 0.15) is 22.3 Å². The molecule has 0 saturated heterocycles. The van der Waals surface area contributed by atoms with Gasteiger partial charge in [0.15, 0.2) is 0 Å². The zero-order valence-corrected chi connectivity index (χ0v) is 32.3. The number of rotatable bonds is 6. The van der Waals surface area contributed by atoms with E-state index < -0.39 is 0 Å². The maximum absolute atomic E-state index is 5.60. The molecule has 0 atom stereocenters. The second kappa shape index (κ2) is 14.9. The fraction of sp³-hybridized carbons (Fsp3) is 0. The second-order valence-corrected chi connectivity index (χ2v) is 14.8. The summed E-state index contributed by atoms with van der Waals surface area (Å²) in [6.45, 7) is 0. The van der Waals surface area contributed by atoms with Crippen molar-refractivity contribution in [2.24, 2.45) is 9.98 Å². The molecule has 0 unspecified atom stereocenters. The molecule has 0 fully saturated rings. The van der Waals surface area contributed by atoms with E-state index in [1.807, 2.05) is 73.1 Å². The predicted octanol–water partition coefficient (Wildman–Crippen LogP) is 12.9. The molecule has 0 aliphatic carbocycles. The third kappa shape index (κ3) is 6.62. The van der Waals surface area contributed by atoms with Gasteiger partial charge in [0, 0.05) is 69.3 Å². The monoisotopic (exact) mass is 766 g/mol. The molecule has 280 valence electrons. The molecule has 0 amide bonds. The Morgan fingerprint density at radius 1 is 0.283 bits per heavy atom. The van der Waals surface area contributed by atoms with E-state index in [1.165, 1.54) is 0 Å². The van der Waals surface area contributed by atoms with Crippen molar-refractivity contribution in [3.8, 4) is 45.0 Å². The van der Waals surface area contributed by atoms with Gasteiger partial charge in [-0.25, -0.2) is 20.0 Å². The summed E-state index contributed by atoms with van der Waals surface area (Å²) in [7, 11) is 0. The van der Waals surface area contributed by atoms with Crippen molar-refractivity contribution in [3.63, 3.8) is 0 Å². The summed E-state index contributed by atoms with van der Waals surface area (Å²) in [6.07, 6.45) is 7.24. The number of fused-ring (bicyclic) bond motifs is 4. The zero-order valence-electron chi connectivity index (χ0n) is 32.3. The molecule has 6 nitrogen and oxygen atoms in total. The molecule has 11 rings (SSSR count). The summed E-state index contributed by atoms with van der Waals surface area (Å²) in [5, 5.41) is 4.47. The molecule has 6 heteroatoms. The molecular formula is C54H34N6. The van der Waals surface area contributed by atoms with Gasteiger partial charge in [0.1, 0.15) is 0 Å². The Morgan fingerprint density at radius 2 is 0.650 bits per heavy atom. The van der Waals surface area contributed by atoms with E-state index in [0.29, 0.717) is 0 Å². The molecule has 1 aliphatic rings. The molecule has 0 radical (unpaired) electrons. The highest BCUT2D eigenvalue weighted by Gasteiger charge is 2.22. The van der Waals surface area contributed by atoms with Crippen molar-refractivity contribution < 1.29 is 0 Å². The van der Waals surface area contributed by atoms with E-state index in [9.17, 15) is 0 Å². The lowest BCUT2D eigenvalue weighted by Gasteiger charge is -2.20. The van der Waals surface area contributed by atoms with Gasteiger partial charge in [-0.1, -0.05) is 109 Å². The number of pyridine rings is 4. The number of aromatic nitrogens is 4. The quantitative estimate of drug-likeness (QED) is 0.169. The van der Waals surface area contributed by atoms with E-state index in [1.54, 1.807) is 12.4 Å². The van der Waals surface area contributed by atoms with Crippen LogP contribution in [0.5, 0.6) is 0 Å². The standard InChI is InChI=1S/C54H34N6/c1-3-11-41-31-51-45(29-39(41)9-1)53(37-23-19-35(20-24-37)47-15-5-17-49(57-47)43-13-7-27-55-33-43)60-52-32-42-12-4-2-10-40(42)30-46(52)54(59-51)38-25-21-36(22-26-38)48-16-6-18-50(58-48)44-14-8-28-56-34-44/h1-34H. The van der Waals surface area contributed by atoms with Crippen molar-refractivity contribution >= 4 is 44.3 Å². The summed E-state index contributed by atoms with van der Waals surface area (Å²) in [5.41, 5.74) is 14.9. The van der Waals surface area contributed by atoms with Gasteiger partial charge in [-0.15, -0.1) is 0 Å². The molecular weight excluding hydrogens is 733 g/mol. The van der Waals surface area contributed by atoms with E-state index in [0.717, 1.165) is 112 Å². The largest absolute Gasteiger partial charge is 0.264 e. The highest BCUT2D eigenvalue weighted by molar-refractivity contribution is 6.24.